The quantitative estimate of drug-likeness (QED) is 0.692. The van der Waals surface area contributed by atoms with Gasteiger partial charge in [-0.1, -0.05) is 12.1 Å². The Morgan fingerprint density at radius 3 is 3.00 bits per heavy atom. The number of rotatable bonds is 2. The Morgan fingerprint density at radius 2 is 2.18 bits per heavy atom. The molecule has 0 fully saturated rings. The van der Waals surface area contributed by atoms with Crippen molar-refractivity contribution >= 4 is 45.4 Å². The van der Waals surface area contributed by atoms with Crippen molar-refractivity contribution in [2.45, 2.75) is 0 Å². The van der Waals surface area contributed by atoms with E-state index in [9.17, 15) is 0 Å². The van der Waals surface area contributed by atoms with Gasteiger partial charge in [-0.2, -0.15) is 0 Å². The summed E-state index contributed by atoms with van der Waals surface area (Å²) in [5.41, 5.74) is 0.964. The molecule has 0 spiro atoms. The number of thiazole rings is 1. The molecule has 4 nitrogen and oxygen atoms in total. The number of hydrogen-bond donors (Lipinski definition) is 2. The maximum absolute atomic E-state index is 5.10. The Morgan fingerprint density at radius 1 is 1.29 bits per heavy atom. The number of benzene rings is 1. The third-order valence-electron chi connectivity index (χ3n) is 2.29. The molecule has 0 saturated carbocycles. The highest BCUT2D eigenvalue weighted by atomic mass is 32.1. The average Bonchev–Trinajstić information content (AvgIpc) is 2.81. The van der Waals surface area contributed by atoms with Gasteiger partial charge in [0, 0.05) is 17.0 Å². The topological polar surface area (TPSA) is 53.6 Å². The maximum atomic E-state index is 5.10. The monoisotopic (exact) mass is 260 g/mol. The van der Waals surface area contributed by atoms with Crippen LogP contribution in [-0.2, 0) is 0 Å². The predicted molar refractivity (Wildman–Crippen MR) is 72.3 cm³/mol. The zero-order valence-electron chi connectivity index (χ0n) is 8.68. The minimum Gasteiger partial charge on any atom is -0.330 e. The van der Waals surface area contributed by atoms with Crippen LogP contribution in [-0.4, -0.2) is 15.0 Å². The first-order chi connectivity index (χ1) is 8.33. The van der Waals surface area contributed by atoms with Gasteiger partial charge in [0.25, 0.3) is 0 Å². The van der Waals surface area contributed by atoms with Gasteiger partial charge >= 0.3 is 0 Å². The summed E-state index contributed by atoms with van der Waals surface area (Å²) in [7, 11) is 0. The molecule has 2 aromatic heterocycles. The molecule has 0 unspecified atom stereocenters. The first-order valence-electron chi connectivity index (χ1n) is 4.98. The number of para-hydroxylation sites is 1. The number of aromatic amines is 1. The number of hydrogen-bond acceptors (Lipinski definition) is 5. The smallest absolute Gasteiger partial charge is 0.199 e. The summed E-state index contributed by atoms with van der Waals surface area (Å²) in [5, 5.41) is 6.89. The van der Waals surface area contributed by atoms with Gasteiger partial charge in [-0.25, -0.2) is 9.97 Å². The van der Waals surface area contributed by atoms with E-state index in [1.54, 1.807) is 6.20 Å². The van der Waals surface area contributed by atoms with Gasteiger partial charge < -0.3 is 10.3 Å². The van der Waals surface area contributed by atoms with E-state index in [1.807, 2.05) is 29.6 Å². The lowest BCUT2D eigenvalue weighted by atomic mass is 10.2. The standard InChI is InChI=1S/C11H8N4S2/c16-10-13-8-4-2-1-3-7(8)9(14-10)15-11-12-5-6-17-11/h1-6H,(H2,12,13,14,15,16). The summed E-state index contributed by atoms with van der Waals surface area (Å²) in [5.74, 6) is 0.735. The van der Waals surface area contributed by atoms with Crippen molar-refractivity contribution < 1.29 is 0 Å². The van der Waals surface area contributed by atoms with E-state index >= 15 is 0 Å². The molecular weight excluding hydrogens is 252 g/mol. The van der Waals surface area contributed by atoms with E-state index in [0.717, 1.165) is 21.9 Å². The first kappa shape index (κ1) is 10.4. The van der Waals surface area contributed by atoms with Gasteiger partial charge in [0.1, 0.15) is 5.82 Å². The lowest BCUT2D eigenvalue weighted by Crippen LogP contribution is -1.96. The van der Waals surface area contributed by atoms with E-state index in [-0.39, 0.29) is 0 Å². The van der Waals surface area contributed by atoms with Crippen LogP contribution >= 0.6 is 23.6 Å². The van der Waals surface area contributed by atoms with E-state index in [1.165, 1.54) is 11.3 Å². The van der Waals surface area contributed by atoms with Crippen molar-refractivity contribution in [3.63, 3.8) is 0 Å². The number of H-pyrrole nitrogens is 1. The minimum atomic E-state index is 0.461. The molecule has 3 aromatic rings. The number of aromatic nitrogens is 3. The van der Waals surface area contributed by atoms with Crippen molar-refractivity contribution in [2.24, 2.45) is 0 Å². The van der Waals surface area contributed by atoms with Gasteiger partial charge in [-0.3, -0.25) is 0 Å². The summed E-state index contributed by atoms with van der Waals surface area (Å²) in [6.45, 7) is 0. The first-order valence-corrected chi connectivity index (χ1v) is 6.27. The number of nitrogens with zero attached hydrogens (tertiary/aromatic N) is 2. The second-order valence-corrected chi connectivity index (χ2v) is 4.68. The van der Waals surface area contributed by atoms with Crippen LogP contribution in [0.2, 0.25) is 0 Å². The number of nitrogens with one attached hydrogen (secondary N) is 2. The Labute approximate surface area is 106 Å². The third-order valence-corrected chi connectivity index (χ3v) is 3.18. The highest BCUT2D eigenvalue weighted by molar-refractivity contribution is 7.71. The van der Waals surface area contributed by atoms with Gasteiger partial charge in [0.15, 0.2) is 9.90 Å². The zero-order chi connectivity index (χ0) is 11.7. The van der Waals surface area contributed by atoms with E-state index in [2.05, 4.69) is 20.3 Å². The lowest BCUT2D eigenvalue weighted by molar-refractivity contribution is 1.18. The lowest BCUT2D eigenvalue weighted by Gasteiger charge is -2.05. The predicted octanol–water partition coefficient (Wildman–Crippen LogP) is 3.49. The van der Waals surface area contributed by atoms with Crippen molar-refractivity contribution in [3.05, 3.63) is 40.6 Å². The van der Waals surface area contributed by atoms with Crippen LogP contribution in [0.4, 0.5) is 10.9 Å². The molecule has 0 aliphatic carbocycles. The molecule has 2 N–H and O–H groups in total. The Kier molecular flexibility index (Phi) is 2.58. The average molecular weight is 260 g/mol. The molecule has 6 heteroatoms. The fraction of sp³-hybridized carbons (Fsp3) is 0. The highest BCUT2D eigenvalue weighted by Gasteiger charge is 2.04. The van der Waals surface area contributed by atoms with Crippen LogP contribution in [0, 0.1) is 4.77 Å². The van der Waals surface area contributed by atoms with Crippen LogP contribution in [0.1, 0.15) is 0 Å². The molecule has 2 heterocycles. The summed E-state index contributed by atoms with van der Waals surface area (Å²) < 4.78 is 0.461. The third kappa shape index (κ3) is 2.04. The molecule has 0 radical (unpaired) electrons. The summed E-state index contributed by atoms with van der Waals surface area (Å²) in [4.78, 5) is 11.5. The van der Waals surface area contributed by atoms with Crippen LogP contribution in [0.3, 0.4) is 0 Å². The molecule has 0 amide bonds. The molecule has 0 atom stereocenters. The Bertz CT molecular complexity index is 703. The van der Waals surface area contributed by atoms with Gasteiger partial charge in [0.05, 0.1) is 5.52 Å². The summed E-state index contributed by atoms with van der Waals surface area (Å²) >= 11 is 6.62. The van der Waals surface area contributed by atoms with E-state index in [0.29, 0.717) is 4.77 Å². The number of fused-ring (bicyclic) bond motifs is 1. The molecule has 0 bridgehead atoms. The molecule has 3 rings (SSSR count). The molecule has 0 aliphatic heterocycles. The van der Waals surface area contributed by atoms with Crippen LogP contribution in [0.15, 0.2) is 35.8 Å². The fourth-order valence-corrected chi connectivity index (χ4v) is 2.31. The highest BCUT2D eigenvalue weighted by Crippen LogP contribution is 2.23. The largest absolute Gasteiger partial charge is 0.330 e. The maximum Gasteiger partial charge on any atom is 0.199 e. The van der Waals surface area contributed by atoms with Gasteiger partial charge in [-0.15, -0.1) is 11.3 Å². The van der Waals surface area contributed by atoms with Crippen LogP contribution in [0.25, 0.3) is 10.9 Å². The molecule has 1 aromatic carbocycles. The van der Waals surface area contributed by atoms with Crippen molar-refractivity contribution in [1.82, 2.24) is 15.0 Å². The van der Waals surface area contributed by atoms with Gasteiger partial charge in [0.2, 0.25) is 0 Å². The second-order valence-electron chi connectivity index (χ2n) is 3.40. The van der Waals surface area contributed by atoms with E-state index in [4.69, 9.17) is 12.2 Å². The SMILES string of the molecule is S=c1nc(Nc2nccs2)c2ccccc2[nH]1. The molecule has 84 valence electrons. The molecule has 0 saturated heterocycles. The van der Waals surface area contributed by atoms with Crippen LogP contribution in [0.5, 0.6) is 0 Å². The summed E-state index contributed by atoms with van der Waals surface area (Å²) in [6.07, 6.45) is 1.75. The molecule has 17 heavy (non-hydrogen) atoms. The summed E-state index contributed by atoms with van der Waals surface area (Å²) in [6, 6.07) is 7.89. The fourth-order valence-electron chi connectivity index (χ4n) is 1.59. The zero-order valence-corrected chi connectivity index (χ0v) is 10.3. The van der Waals surface area contributed by atoms with Gasteiger partial charge in [-0.05, 0) is 24.4 Å². The normalized spacial score (nSPS) is 10.6. The van der Waals surface area contributed by atoms with E-state index < -0.39 is 0 Å². The second kappa shape index (κ2) is 4.23. The Hall–Kier alpha value is -1.79. The van der Waals surface area contributed by atoms with Crippen molar-refractivity contribution in [3.8, 4) is 0 Å². The Balaban J connectivity index is 2.18. The van der Waals surface area contributed by atoms with Crippen molar-refractivity contribution in [1.29, 1.82) is 0 Å². The van der Waals surface area contributed by atoms with Crippen molar-refractivity contribution in [2.75, 3.05) is 5.32 Å². The minimum absolute atomic E-state index is 0.461. The van der Waals surface area contributed by atoms with Crippen LogP contribution < -0.4 is 5.32 Å². The molecular formula is C11H8N4S2. The number of anilines is 2. The molecule has 0 aliphatic rings.